The molecular formula is C29H36N2O3. The lowest BCUT2D eigenvalue weighted by molar-refractivity contribution is 0.414. The smallest absolute Gasteiger partial charge is 0.129 e. The van der Waals surface area contributed by atoms with E-state index in [1.165, 1.54) is 0 Å². The van der Waals surface area contributed by atoms with Crippen LogP contribution in [-0.2, 0) is 12.8 Å². The van der Waals surface area contributed by atoms with Crippen LogP contribution >= 0.6 is 0 Å². The first-order valence-corrected chi connectivity index (χ1v) is 11.5. The Morgan fingerprint density at radius 1 is 0.912 bits per heavy atom. The molecule has 0 saturated carbocycles. The zero-order valence-electron chi connectivity index (χ0n) is 20.7. The first-order valence-electron chi connectivity index (χ1n) is 11.5. The third kappa shape index (κ3) is 7.93. The summed E-state index contributed by atoms with van der Waals surface area (Å²) in [5, 5.41) is 22.1. The summed E-state index contributed by atoms with van der Waals surface area (Å²) in [6, 6.07) is 18.7. The summed E-state index contributed by atoms with van der Waals surface area (Å²) in [7, 11) is 1.89. The molecule has 5 heteroatoms. The van der Waals surface area contributed by atoms with Gasteiger partial charge < -0.3 is 26.0 Å². The van der Waals surface area contributed by atoms with Crippen LogP contribution in [0.15, 0.2) is 84.1 Å². The molecule has 0 bridgehead atoms. The highest BCUT2D eigenvalue weighted by molar-refractivity contribution is 5.57. The van der Waals surface area contributed by atoms with Gasteiger partial charge in [-0.15, -0.1) is 0 Å². The van der Waals surface area contributed by atoms with Gasteiger partial charge in [0.15, 0.2) is 0 Å². The quantitative estimate of drug-likeness (QED) is 0.160. The number of aromatic hydroxyl groups is 1. The van der Waals surface area contributed by atoms with Gasteiger partial charge in [0, 0.05) is 24.5 Å². The molecule has 0 aliphatic rings. The Bertz CT molecular complexity index is 1130. The van der Waals surface area contributed by atoms with Gasteiger partial charge >= 0.3 is 0 Å². The zero-order chi connectivity index (χ0) is 25.1. The monoisotopic (exact) mass is 460 g/mol. The third-order valence-corrected chi connectivity index (χ3v) is 5.11. The number of nitrogen functional groups attached to an aromatic ring is 1. The summed E-state index contributed by atoms with van der Waals surface area (Å²) >= 11 is 0. The van der Waals surface area contributed by atoms with Gasteiger partial charge in [-0.05, 0) is 85.9 Å². The van der Waals surface area contributed by atoms with Gasteiger partial charge in [0.1, 0.15) is 17.2 Å². The van der Waals surface area contributed by atoms with E-state index in [0.717, 1.165) is 40.1 Å². The molecule has 0 unspecified atom stereocenters. The minimum atomic E-state index is 0.244. The molecule has 3 aromatic rings. The van der Waals surface area contributed by atoms with Crippen molar-refractivity contribution in [3.63, 3.8) is 0 Å². The maximum Gasteiger partial charge on any atom is 0.129 e. The fourth-order valence-corrected chi connectivity index (χ4v) is 3.40. The number of allylic oxidation sites excluding steroid dienone is 4. The minimum Gasteiger partial charge on any atom is -0.513 e. The SMILES string of the molecule is CC.CNc1cc(Oc2ccc(N)c(Cc3ccc(O)cc3)c2)ccc1C/C(C)=C/C=C(\C)O. The highest BCUT2D eigenvalue weighted by Gasteiger charge is 2.08. The average Bonchev–Trinajstić information content (AvgIpc) is 2.83. The van der Waals surface area contributed by atoms with Crippen molar-refractivity contribution in [3.05, 3.63) is 101 Å². The second-order valence-electron chi connectivity index (χ2n) is 7.87. The van der Waals surface area contributed by atoms with E-state index >= 15 is 0 Å². The van der Waals surface area contributed by atoms with Crippen LogP contribution in [0.5, 0.6) is 17.2 Å². The van der Waals surface area contributed by atoms with Gasteiger partial charge in [0.2, 0.25) is 0 Å². The number of nitrogens with two attached hydrogens (primary N) is 1. The Morgan fingerprint density at radius 3 is 2.21 bits per heavy atom. The molecule has 0 amide bonds. The van der Waals surface area contributed by atoms with Crippen LogP contribution in [-0.4, -0.2) is 17.3 Å². The number of aliphatic hydroxyl groups excluding tert-OH is 1. The predicted molar refractivity (Wildman–Crippen MR) is 143 cm³/mol. The van der Waals surface area contributed by atoms with Crippen LogP contribution in [0, 0.1) is 0 Å². The number of rotatable bonds is 8. The van der Waals surface area contributed by atoms with Crippen molar-refractivity contribution in [2.24, 2.45) is 0 Å². The lowest BCUT2D eigenvalue weighted by Crippen LogP contribution is -1.99. The largest absolute Gasteiger partial charge is 0.513 e. The Balaban J connectivity index is 0.00000199. The van der Waals surface area contributed by atoms with Crippen LogP contribution in [0.4, 0.5) is 11.4 Å². The summed E-state index contributed by atoms with van der Waals surface area (Å²) in [5.74, 6) is 1.97. The molecule has 0 spiro atoms. The molecule has 0 fully saturated rings. The summed E-state index contributed by atoms with van der Waals surface area (Å²) < 4.78 is 6.12. The molecule has 0 aromatic heterocycles. The number of benzene rings is 3. The van der Waals surface area contributed by atoms with E-state index in [2.05, 4.69) is 5.32 Å². The number of hydrogen-bond donors (Lipinski definition) is 4. The lowest BCUT2D eigenvalue weighted by Gasteiger charge is -2.14. The van der Waals surface area contributed by atoms with Gasteiger partial charge in [-0.1, -0.05) is 43.7 Å². The standard InChI is InChI=1S/C27H30N2O3.C2H6/c1-18(4-5-19(2)30)14-21-8-11-25(17-27(21)29-3)32-24-12-13-26(28)22(16-24)15-20-6-9-23(31)10-7-20;1-2/h4-13,16-17,29-31H,14-15,28H2,1-3H3;1-2H3/b18-4+,19-5+;. The molecule has 3 rings (SSSR count). The molecule has 0 aliphatic carbocycles. The topological polar surface area (TPSA) is 87.7 Å². The van der Waals surface area contributed by atoms with Crippen LogP contribution in [0.2, 0.25) is 0 Å². The predicted octanol–water partition coefficient (Wildman–Crippen LogP) is 7.38. The van der Waals surface area contributed by atoms with Crippen molar-refractivity contribution in [3.8, 4) is 17.2 Å². The summed E-state index contributed by atoms with van der Waals surface area (Å²) in [6.07, 6.45) is 5.03. The zero-order valence-corrected chi connectivity index (χ0v) is 20.7. The van der Waals surface area contributed by atoms with E-state index in [0.29, 0.717) is 17.9 Å². The first kappa shape index (κ1) is 26.4. The molecule has 0 saturated heterocycles. The van der Waals surface area contributed by atoms with Crippen LogP contribution < -0.4 is 15.8 Å². The highest BCUT2D eigenvalue weighted by atomic mass is 16.5. The number of hydrogen-bond acceptors (Lipinski definition) is 5. The number of phenols is 1. The van der Waals surface area contributed by atoms with Crippen LogP contribution in [0.25, 0.3) is 0 Å². The Hall–Kier alpha value is -3.86. The Morgan fingerprint density at radius 2 is 1.56 bits per heavy atom. The van der Waals surface area contributed by atoms with Gasteiger partial charge in [-0.25, -0.2) is 0 Å². The second-order valence-corrected chi connectivity index (χ2v) is 7.87. The van der Waals surface area contributed by atoms with Crippen molar-refractivity contribution in [2.45, 2.75) is 40.5 Å². The van der Waals surface area contributed by atoms with Crippen LogP contribution in [0.1, 0.15) is 44.4 Å². The van der Waals surface area contributed by atoms with E-state index in [1.807, 2.05) is 82.4 Å². The van der Waals surface area contributed by atoms with E-state index < -0.39 is 0 Å². The molecule has 5 nitrogen and oxygen atoms in total. The number of nitrogens with one attached hydrogen (secondary N) is 1. The number of anilines is 2. The normalized spacial score (nSPS) is 11.4. The van der Waals surface area contributed by atoms with Gasteiger partial charge in [-0.3, -0.25) is 0 Å². The molecule has 3 aromatic carbocycles. The van der Waals surface area contributed by atoms with Gasteiger partial charge in [0.25, 0.3) is 0 Å². The Kier molecular flexibility index (Phi) is 10.1. The first-order chi connectivity index (χ1) is 16.3. The molecule has 34 heavy (non-hydrogen) atoms. The minimum absolute atomic E-state index is 0.244. The average molecular weight is 461 g/mol. The highest BCUT2D eigenvalue weighted by Crippen LogP contribution is 2.30. The van der Waals surface area contributed by atoms with Crippen molar-refractivity contribution >= 4 is 11.4 Å². The van der Waals surface area contributed by atoms with E-state index in [-0.39, 0.29) is 11.5 Å². The van der Waals surface area contributed by atoms with Gasteiger partial charge in [0.05, 0.1) is 5.76 Å². The van der Waals surface area contributed by atoms with E-state index in [4.69, 9.17) is 10.5 Å². The maximum atomic E-state index is 9.48. The fraction of sp³-hybridized carbons (Fsp3) is 0.241. The number of phenolic OH excluding ortho intramolecular Hbond substituents is 1. The second kappa shape index (κ2) is 13.0. The van der Waals surface area contributed by atoms with Crippen molar-refractivity contribution in [1.82, 2.24) is 0 Å². The van der Waals surface area contributed by atoms with E-state index in [1.54, 1.807) is 25.1 Å². The van der Waals surface area contributed by atoms with Crippen LogP contribution in [0.3, 0.4) is 0 Å². The number of aliphatic hydroxyl groups is 1. The molecule has 0 radical (unpaired) electrons. The van der Waals surface area contributed by atoms with Crippen molar-refractivity contribution in [2.75, 3.05) is 18.1 Å². The molecule has 5 N–H and O–H groups in total. The summed E-state index contributed by atoms with van der Waals surface area (Å²) in [6.45, 7) is 7.69. The molecule has 180 valence electrons. The van der Waals surface area contributed by atoms with Gasteiger partial charge in [-0.2, -0.15) is 0 Å². The molecule has 0 aliphatic heterocycles. The van der Waals surface area contributed by atoms with Crippen molar-refractivity contribution < 1.29 is 14.9 Å². The van der Waals surface area contributed by atoms with Crippen molar-refractivity contribution in [1.29, 1.82) is 0 Å². The molecule has 0 heterocycles. The van der Waals surface area contributed by atoms with E-state index in [9.17, 15) is 10.2 Å². The Labute approximate surface area is 203 Å². The maximum absolute atomic E-state index is 9.48. The summed E-state index contributed by atoms with van der Waals surface area (Å²) in [4.78, 5) is 0. The fourth-order valence-electron chi connectivity index (χ4n) is 3.40. The molecular weight excluding hydrogens is 424 g/mol. The summed E-state index contributed by atoms with van der Waals surface area (Å²) in [5.41, 5.74) is 12.2. The lowest BCUT2D eigenvalue weighted by atomic mass is 10.0. The number of ether oxygens (including phenoxy) is 1. The third-order valence-electron chi connectivity index (χ3n) is 5.11. The molecule has 0 atom stereocenters.